The summed E-state index contributed by atoms with van der Waals surface area (Å²) in [5.74, 6) is -0.130. The van der Waals surface area contributed by atoms with Gasteiger partial charge in [0.15, 0.2) is 0 Å². The van der Waals surface area contributed by atoms with E-state index in [9.17, 15) is 14.3 Å². The predicted octanol–water partition coefficient (Wildman–Crippen LogP) is 5.02. The molecule has 1 unspecified atom stereocenters. The molecule has 0 radical (unpaired) electrons. The third-order valence-electron chi connectivity index (χ3n) is 4.50. The van der Waals surface area contributed by atoms with Crippen LogP contribution in [0.4, 0.5) is 4.39 Å². The molecule has 3 rings (SSSR count). The fraction of sp³-hybridized carbons (Fsp3) is 0.174. The first-order valence-electron chi connectivity index (χ1n) is 8.88. The minimum absolute atomic E-state index is 0.0717. The highest BCUT2D eigenvalue weighted by atomic mass is 19.1. The summed E-state index contributed by atoms with van der Waals surface area (Å²) in [5.41, 5.74) is 2.61. The van der Waals surface area contributed by atoms with Crippen LogP contribution in [0.1, 0.15) is 29.0 Å². The Balaban J connectivity index is 1.71. The molecule has 3 aromatic carbocycles. The Bertz CT molecular complexity index is 903. The standard InChI is InChI=1S/C23H21FO4/c1-27-20-10-2-16(3-11-20)15-28-21-12-6-18(7-13-21)22(14-23(25)26)17-4-8-19(24)9-5-17/h2-13,22H,14-15H2,1H3,(H,25,26). The average molecular weight is 380 g/mol. The molecule has 0 heterocycles. The molecule has 28 heavy (non-hydrogen) atoms. The minimum atomic E-state index is -0.908. The summed E-state index contributed by atoms with van der Waals surface area (Å²) >= 11 is 0. The maximum Gasteiger partial charge on any atom is 0.304 e. The van der Waals surface area contributed by atoms with Crippen molar-refractivity contribution in [1.29, 1.82) is 0 Å². The number of rotatable bonds is 8. The Kier molecular flexibility index (Phi) is 6.27. The molecule has 0 bridgehead atoms. The van der Waals surface area contributed by atoms with E-state index in [1.54, 1.807) is 19.2 Å². The van der Waals surface area contributed by atoms with Gasteiger partial charge in [0.1, 0.15) is 23.9 Å². The molecule has 5 heteroatoms. The summed E-state index contributed by atoms with van der Waals surface area (Å²) < 4.78 is 24.1. The highest BCUT2D eigenvalue weighted by Gasteiger charge is 2.18. The number of benzene rings is 3. The Morgan fingerprint density at radius 3 is 1.96 bits per heavy atom. The molecule has 0 aromatic heterocycles. The number of carbonyl (C=O) groups is 1. The van der Waals surface area contributed by atoms with Crippen LogP contribution in [0.25, 0.3) is 0 Å². The van der Waals surface area contributed by atoms with Crippen molar-refractivity contribution in [2.45, 2.75) is 18.9 Å². The summed E-state index contributed by atoms with van der Waals surface area (Å²) in [5, 5.41) is 9.26. The molecular weight excluding hydrogens is 359 g/mol. The smallest absolute Gasteiger partial charge is 0.304 e. The van der Waals surface area contributed by atoms with Gasteiger partial charge in [-0.2, -0.15) is 0 Å². The van der Waals surface area contributed by atoms with Gasteiger partial charge >= 0.3 is 5.97 Å². The van der Waals surface area contributed by atoms with Gasteiger partial charge in [-0.05, 0) is 53.1 Å². The second kappa shape index (κ2) is 9.04. The highest BCUT2D eigenvalue weighted by Crippen LogP contribution is 2.30. The number of hydrogen-bond acceptors (Lipinski definition) is 3. The third-order valence-corrected chi connectivity index (χ3v) is 4.50. The molecule has 0 spiro atoms. The summed E-state index contributed by atoms with van der Waals surface area (Å²) in [6, 6.07) is 20.9. The second-order valence-electron chi connectivity index (χ2n) is 6.41. The van der Waals surface area contributed by atoms with Gasteiger partial charge in [-0.25, -0.2) is 4.39 Å². The van der Waals surface area contributed by atoms with Crippen LogP contribution in [-0.2, 0) is 11.4 Å². The van der Waals surface area contributed by atoms with Crippen LogP contribution in [0.3, 0.4) is 0 Å². The number of halogens is 1. The Labute approximate surface area is 163 Å². The summed E-state index contributed by atoms with van der Waals surface area (Å²) in [7, 11) is 1.62. The van der Waals surface area contributed by atoms with Crippen LogP contribution in [0.5, 0.6) is 11.5 Å². The molecule has 3 aromatic rings. The largest absolute Gasteiger partial charge is 0.497 e. The van der Waals surface area contributed by atoms with Gasteiger partial charge in [0, 0.05) is 5.92 Å². The van der Waals surface area contributed by atoms with Gasteiger partial charge < -0.3 is 14.6 Å². The van der Waals surface area contributed by atoms with E-state index < -0.39 is 5.97 Å². The number of carboxylic acids is 1. The van der Waals surface area contributed by atoms with Gasteiger partial charge in [0.05, 0.1) is 13.5 Å². The first-order chi connectivity index (χ1) is 13.5. The fourth-order valence-corrected chi connectivity index (χ4v) is 2.98. The van der Waals surface area contributed by atoms with Crippen molar-refractivity contribution in [3.05, 3.63) is 95.3 Å². The van der Waals surface area contributed by atoms with E-state index in [4.69, 9.17) is 9.47 Å². The van der Waals surface area contributed by atoms with Crippen LogP contribution in [-0.4, -0.2) is 18.2 Å². The Morgan fingerprint density at radius 2 is 1.43 bits per heavy atom. The summed E-state index contributed by atoms with van der Waals surface area (Å²) in [4.78, 5) is 11.3. The van der Waals surface area contributed by atoms with E-state index in [0.717, 1.165) is 22.4 Å². The monoisotopic (exact) mass is 380 g/mol. The molecule has 1 atom stereocenters. The zero-order valence-electron chi connectivity index (χ0n) is 15.5. The van der Waals surface area contributed by atoms with E-state index in [2.05, 4.69) is 0 Å². The first-order valence-corrected chi connectivity index (χ1v) is 8.88. The molecule has 0 amide bonds. The average Bonchev–Trinajstić information content (AvgIpc) is 2.72. The number of ether oxygens (including phenoxy) is 2. The van der Waals surface area contributed by atoms with E-state index in [1.165, 1.54) is 12.1 Å². The molecule has 0 aliphatic rings. The lowest BCUT2D eigenvalue weighted by Gasteiger charge is -2.17. The van der Waals surface area contributed by atoms with E-state index in [0.29, 0.717) is 12.4 Å². The van der Waals surface area contributed by atoms with Crippen LogP contribution in [0.2, 0.25) is 0 Å². The lowest BCUT2D eigenvalue weighted by atomic mass is 9.88. The molecule has 4 nitrogen and oxygen atoms in total. The van der Waals surface area contributed by atoms with Crippen LogP contribution < -0.4 is 9.47 Å². The molecule has 0 saturated carbocycles. The van der Waals surface area contributed by atoms with Crippen molar-refractivity contribution >= 4 is 5.97 Å². The molecule has 0 saturated heterocycles. The lowest BCUT2D eigenvalue weighted by molar-refractivity contribution is -0.137. The number of carboxylic acid groups (broad SMARTS) is 1. The van der Waals surface area contributed by atoms with Gasteiger partial charge in [0.2, 0.25) is 0 Å². The maximum atomic E-state index is 13.2. The molecule has 144 valence electrons. The van der Waals surface area contributed by atoms with Gasteiger partial charge in [0.25, 0.3) is 0 Å². The predicted molar refractivity (Wildman–Crippen MR) is 104 cm³/mol. The number of aliphatic carboxylic acids is 1. The topological polar surface area (TPSA) is 55.8 Å². The quantitative estimate of drug-likeness (QED) is 0.596. The van der Waals surface area contributed by atoms with E-state index in [1.807, 2.05) is 48.5 Å². The van der Waals surface area contributed by atoms with Gasteiger partial charge in [-0.1, -0.05) is 36.4 Å². The molecule has 0 aliphatic heterocycles. The third kappa shape index (κ3) is 5.10. The van der Waals surface area contributed by atoms with Crippen molar-refractivity contribution in [2.75, 3.05) is 7.11 Å². The SMILES string of the molecule is COc1ccc(COc2ccc(C(CC(=O)O)c3ccc(F)cc3)cc2)cc1. The fourth-order valence-electron chi connectivity index (χ4n) is 2.98. The number of hydrogen-bond donors (Lipinski definition) is 1. The van der Waals surface area contributed by atoms with E-state index >= 15 is 0 Å². The van der Waals surface area contributed by atoms with Crippen molar-refractivity contribution in [1.82, 2.24) is 0 Å². The second-order valence-corrected chi connectivity index (χ2v) is 6.41. The van der Waals surface area contributed by atoms with Crippen molar-refractivity contribution in [3.8, 4) is 11.5 Å². The Morgan fingerprint density at radius 1 is 0.893 bits per heavy atom. The lowest BCUT2D eigenvalue weighted by Crippen LogP contribution is -2.08. The maximum absolute atomic E-state index is 13.2. The zero-order valence-corrected chi connectivity index (χ0v) is 15.5. The highest BCUT2D eigenvalue weighted by molar-refractivity contribution is 5.69. The van der Waals surface area contributed by atoms with Crippen molar-refractivity contribution in [2.24, 2.45) is 0 Å². The Hall–Kier alpha value is -3.34. The van der Waals surface area contributed by atoms with Crippen molar-refractivity contribution in [3.63, 3.8) is 0 Å². The zero-order chi connectivity index (χ0) is 19.9. The van der Waals surface area contributed by atoms with E-state index in [-0.39, 0.29) is 18.2 Å². The summed E-state index contributed by atoms with van der Waals surface area (Å²) in [6.45, 7) is 0.417. The van der Waals surface area contributed by atoms with Gasteiger partial charge in [-0.3, -0.25) is 4.79 Å². The molecule has 0 fully saturated rings. The van der Waals surface area contributed by atoms with Crippen LogP contribution >= 0.6 is 0 Å². The van der Waals surface area contributed by atoms with Crippen LogP contribution in [0, 0.1) is 5.82 Å². The van der Waals surface area contributed by atoms with Crippen molar-refractivity contribution < 1.29 is 23.8 Å². The molecule has 1 N–H and O–H groups in total. The van der Waals surface area contributed by atoms with Gasteiger partial charge in [-0.15, -0.1) is 0 Å². The summed E-state index contributed by atoms with van der Waals surface area (Å²) in [6.07, 6.45) is -0.0717. The first kappa shape index (κ1) is 19.4. The number of methoxy groups -OCH3 is 1. The minimum Gasteiger partial charge on any atom is -0.497 e. The molecular formula is C23H21FO4. The normalized spacial score (nSPS) is 11.6. The molecule has 0 aliphatic carbocycles. The van der Waals surface area contributed by atoms with Crippen LogP contribution in [0.15, 0.2) is 72.8 Å².